The van der Waals surface area contributed by atoms with Gasteiger partial charge in [0.1, 0.15) is 24.4 Å². The van der Waals surface area contributed by atoms with Crippen molar-refractivity contribution in [1.82, 2.24) is 5.01 Å². The number of nitrogens with two attached hydrogens (primary N) is 2. The van der Waals surface area contributed by atoms with Crippen LogP contribution in [0.5, 0.6) is 0 Å². The molecular weight excluding hydrogens is 226 g/mol. The molecule has 0 bridgehead atoms. The average molecular weight is 247 g/mol. The molecule has 17 heavy (non-hydrogen) atoms. The van der Waals surface area contributed by atoms with Crippen LogP contribution in [-0.2, 0) is 4.74 Å². The first kappa shape index (κ1) is 14.2. The molecule has 1 fully saturated rings. The maximum Gasteiger partial charge on any atom is 0.109 e. The number of ether oxygens (including phenoxy) is 1. The highest BCUT2D eigenvalue weighted by Crippen LogP contribution is 2.25. The lowest BCUT2D eigenvalue weighted by Gasteiger charge is -2.45. The van der Waals surface area contributed by atoms with Gasteiger partial charge in [-0.2, -0.15) is 0 Å². The Kier molecular flexibility index (Phi) is 5.16. The van der Waals surface area contributed by atoms with Crippen molar-refractivity contribution in [3.63, 3.8) is 0 Å². The standard InChI is InChI=1S/C10H21N3O4/c1-2-6-9(15)8(13(12)4-3-11)10(16)7(5-14)17-6/h3-4,6-10,14-16H,2,5,11-12H2,1H3/b4-3-. The van der Waals surface area contributed by atoms with Crippen molar-refractivity contribution in [3.05, 3.63) is 12.4 Å². The maximum absolute atomic E-state index is 10.0. The minimum absolute atomic E-state index is 0.332. The Balaban J connectivity index is 2.88. The first-order valence-electron chi connectivity index (χ1n) is 5.60. The fourth-order valence-corrected chi connectivity index (χ4v) is 2.07. The molecule has 7 heteroatoms. The predicted octanol–water partition coefficient (Wildman–Crippen LogP) is -2.15. The molecule has 5 atom stereocenters. The van der Waals surface area contributed by atoms with E-state index in [1.54, 1.807) is 0 Å². The SMILES string of the molecule is CCC1OC(CO)C(O)C(N(N)/C=C\N)C1O. The van der Waals surface area contributed by atoms with Crippen molar-refractivity contribution < 1.29 is 20.1 Å². The molecule has 7 N–H and O–H groups in total. The summed E-state index contributed by atoms with van der Waals surface area (Å²) >= 11 is 0. The molecule has 1 heterocycles. The molecule has 0 aliphatic carbocycles. The third-order valence-electron chi connectivity index (χ3n) is 3.00. The number of hydrazine groups is 1. The van der Waals surface area contributed by atoms with E-state index < -0.39 is 30.5 Å². The smallest absolute Gasteiger partial charge is 0.109 e. The molecule has 0 saturated carbocycles. The molecule has 0 aromatic rings. The minimum atomic E-state index is -1.08. The second kappa shape index (κ2) is 6.18. The quantitative estimate of drug-likeness (QED) is 0.283. The van der Waals surface area contributed by atoms with Crippen LogP contribution in [0, 0.1) is 0 Å². The Morgan fingerprint density at radius 1 is 1.29 bits per heavy atom. The van der Waals surface area contributed by atoms with E-state index in [0.717, 1.165) is 5.01 Å². The van der Waals surface area contributed by atoms with E-state index in [2.05, 4.69) is 0 Å². The molecule has 0 aromatic carbocycles. The van der Waals surface area contributed by atoms with E-state index in [1.807, 2.05) is 6.92 Å². The van der Waals surface area contributed by atoms with E-state index in [9.17, 15) is 10.2 Å². The van der Waals surface area contributed by atoms with Gasteiger partial charge in [-0.25, -0.2) is 5.84 Å². The van der Waals surface area contributed by atoms with Crippen LogP contribution in [0.2, 0.25) is 0 Å². The Hall–Kier alpha value is -0.860. The average Bonchev–Trinajstić information content (AvgIpc) is 2.30. The largest absolute Gasteiger partial charge is 0.403 e. The lowest BCUT2D eigenvalue weighted by atomic mass is 9.91. The van der Waals surface area contributed by atoms with Crippen LogP contribution in [0.4, 0.5) is 0 Å². The summed E-state index contributed by atoms with van der Waals surface area (Å²) in [5, 5.41) is 30.3. The molecule has 5 unspecified atom stereocenters. The summed E-state index contributed by atoms with van der Waals surface area (Å²) < 4.78 is 5.38. The van der Waals surface area contributed by atoms with Crippen LogP contribution >= 0.6 is 0 Å². The molecule has 100 valence electrons. The molecule has 0 spiro atoms. The Morgan fingerprint density at radius 2 is 1.88 bits per heavy atom. The summed E-state index contributed by atoms with van der Waals surface area (Å²) in [7, 11) is 0. The molecule has 1 aliphatic heterocycles. The number of hydrogen-bond donors (Lipinski definition) is 5. The second-order valence-electron chi connectivity index (χ2n) is 4.06. The van der Waals surface area contributed by atoms with Crippen LogP contribution in [0.15, 0.2) is 12.4 Å². The van der Waals surface area contributed by atoms with Crippen molar-refractivity contribution >= 4 is 0 Å². The number of rotatable bonds is 4. The van der Waals surface area contributed by atoms with Gasteiger partial charge in [0.05, 0.1) is 12.7 Å². The Morgan fingerprint density at radius 3 is 2.35 bits per heavy atom. The zero-order chi connectivity index (χ0) is 13.0. The molecule has 1 aliphatic rings. The van der Waals surface area contributed by atoms with Crippen LogP contribution in [0.1, 0.15) is 13.3 Å². The van der Waals surface area contributed by atoms with Gasteiger partial charge in [0.2, 0.25) is 0 Å². The first-order valence-corrected chi connectivity index (χ1v) is 5.60. The van der Waals surface area contributed by atoms with Crippen molar-refractivity contribution in [2.45, 2.75) is 43.8 Å². The van der Waals surface area contributed by atoms with Gasteiger partial charge >= 0.3 is 0 Å². The third kappa shape index (κ3) is 2.88. The summed E-state index contributed by atoms with van der Waals surface area (Å²) in [6.07, 6.45) is -0.143. The fourth-order valence-electron chi connectivity index (χ4n) is 2.07. The maximum atomic E-state index is 10.0. The monoisotopic (exact) mass is 247 g/mol. The van der Waals surface area contributed by atoms with Gasteiger partial charge in [-0.3, -0.25) is 0 Å². The first-order chi connectivity index (χ1) is 8.06. The number of aliphatic hydroxyl groups is 3. The molecule has 7 nitrogen and oxygen atoms in total. The Bertz CT molecular complexity index is 248. The second-order valence-corrected chi connectivity index (χ2v) is 4.06. The predicted molar refractivity (Wildman–Crippen MR) is 61.2 cm³/mol. The van der Waals surface area contributed by atoms with Gasteiger partial charge in [0.15, 0.2) is 0 Å². The van der Waals surface area contributed by atoms with Gasteiger partial charge in [0.25, 0.3) is 0 Å². The molecular formula is C10H21N3O4. The van der Waals surface area contributed by atoms with Gasteiger partial charge in [-0.05, 0) is 6.42 Å². The van der Waals surface area contributed by atoms with Crippen molar-refractivity contribution in [1.29, 1.82) is 0 Å². The molecule has 0 radical (unpaired) electrons. The number of hydrogen-bond acceptors (Lipinski definition) is 7. The lowest BCUT2D eigenvalue weighted by Crippen LogP contribution is -2.64. The van der Waals surface area contributed by atoms with Crippen LogP contribution in [0.25, 0.3) is 0 Å². The van der Waals surface area contributed by atoms with Crippen molar-refractivity contribution in [3.8, 4) is 0 Å². The van der Waals surface area contributed by atoms with Crippen LogP contribution < -0.4 is 11.6 Å². The topological polar surface area (TPSA) is 125 Å². The van der Waals surface area contributed by atoms with Crippen LogP contribution in [0.3, 0.4) is 0 Å². The zero-order valence-electron chi connectivity index (χ0n) is 9.81. The Labute approximate surface area is 100 Å². The summed E-state index contributed by atoms with van der Waals surface area (Å²) in [6.45, 7) is 1.51. The van der Waals surface area contributed by atoms with Crippen LogP contribution in [-0.4, -0.2) is 57.4 Å². The summed E-state index contributed by atoms with van der Waals surface area (Å²) in [5.74, 6) is 5.68. The molecule has 1 rings (SSSR count). The minimum Gasteiger partial charge on any atom is -0.403 e. The zero-order valence-corrected chi connectivity index (χ0v) is 9.81. The molecule has 1 saturated heterocycles. The lowest BCUT2D eigenvalue weighted by molar-refractivity contribution is -0.210. The molecule has 0 amide bonds. The fraction of sp³-hybridized carbons (Fsp3) is 0.800. The number of aliphatic hydroxyl groups excluding tert-OH is 3. The summed E-state index contributed by atoms with van der Waals surface area (Å²) in [5.41, 5.74) is 5.22. The normalized spacial score (nSPS) is 38.5. The highest BCUT2D eigenvalue weighted by Gasteiger charge is 2.45. The van der Waals surface area contributed by atoms with E-state index >= 15 is 0 Å². The van der Waals surface area contributed by atoms with E-state index in [-0.39, 0.29) is 6.61 Å². The van der Waals surface area contributed by atoms with Gasteiger partial charge < -0.3 is 30.8 Å². The van der Waals surface area contributed by atoms with Crippen molar-refractivity contribution in [2.24, 2.45) is 11.6 Å². The van der Waals surface area contributed by atoms with Gasteiger partial charge in [0, 0.05) is 12.4 Å². The highest BCUT2D eigenvalue weighted by atomic mass is 16.5. The van der Waals surface area contributed by atoms with E-state index in [0.29, 0.717) is 6.42 Å². The van der Waals surface area contributed by atoms with E-state index in [4.69, 9.17) is 21.4 Å². The van der Waals surface area contributed by atoms with Gasteiger partial charge in [-0.15, -0.1) is 0 Å². The number of nitrogens with zero attached hydrogens (tertiary/aromatic N) is 1. The van der Waals surface area contributed by atoms with Gasteiger partial charge in [-0.1, -0.05) is 6.92 Å². The summed E-state index contributed by atoms with van der Waals surface area (Å²) in [4.78, 5) is 0. The van der Waals surface area contributed by atoms with E-state index in [1.165, 1.54) is 12.4 Å². The molecule has 0 aromatic heterocycles. The third-order valence-corrected chi connectivity index (χ3v) is 3.00. The highest BCUT2D eigenvalue weighted by molar-refractivity contribution is 4.98. The van der Waals surface area contributed by atoms with Crippen molar-refractivity contribution in [2.75, 3.05) is 6.61 Å². The summed E-state index contributed by atoms with van der Waals surface area (Å²) in [6, 6.07) is -0.759.